The van der Waals surface area contributed by atoms with Gasteiger partial charge in [-0.15, -0.1) is 0 Å². The number of hydrogen-bond acceptors (Lipinski definition) is 1. The van der Waals surface area contributed by atoms with Gasteiger partial charge >= 0.3 is 0 Å². The highest BCUT2D eigenvalue weighted by Gasteiger charge is 2.13. The summed E-state index contributed by atoms with van der Waals surface area (Å²) in [5, 5.41) is 0. The second kappa shape index (κ2) is 4.64. The first kappa shape index (κ1) is 12.4. The SMILES string of the molecule is Cc1cc(F)c(-c2ccc(C=O)cc2F)cc1F. The molecule has 0 aromatic heterocycles. The van der Waals surface area contributed by atoms with Crippen molar-refractivity contribution in [3.63, 3.8) is 0 Å². The van der Waals surface area contributed by atoms with E-state index in [1.54, 1.807) is 0 Å². The van der Waals surface area contributed by atoms with Gasteiger partial charge in [-0.25, -0.2) is 13.2 Å². The molecular formula is C14H9F3O. The van der Waals surface area contributed by atoms with Gasteiger partial charge in [0.15, 0.2) is 0 Å². The van der Waals surface area contributed by atoms with Crippen molar-refractivity contribution in [1.29, 1.82) is 0 Å². The fourth-order valence-electron chi connectivity index (χ4n) is 1.68. The number of carbonyl (C=O) groups is 1. The normalized spacial score (nSPS) is 10.4. The Labute approximate surface area is 102 Å². The lowest BCUT2D eigenvalue weighted by molar-refractivity contribution is 0.112. The van der Waals surface area contributed by atoms with Crippen molar-refractivity contribution in [2.75, 3.05) is 0 Å². The van der Waals surface area contributed by atoms with Crippen LogP contribution in [0.15, 0.2) is 30.3 Å². The van der Waals surface area contributed by atoms with Crippen LogP contribution in [0.25, 0.3) is 11.1 Å². The summed E-state index contributed by atoms with van der Waals surface area (Å²) >= 11 is 0. The average Bonchev–Trinajstić information content (AvgIpc) is 2.34. The number of carbonyl (C=O) groups excluding carboxylic acids is 1. The molecule has 0 fully saturated rings. The first-order valence-electron chi connectivity index (χ1n) is 5.23. The highest BCUT2D eigenvalue weighted by molar-refractivity contribution is 5.77. The molecule has 2 aromatic carbocycles. The number of benzene rings is 2. The molecule has 0 N–H and O–H groups in total. The zero-order chi connectivity index (χ0) is 13.3. The van der Waals surface area contributed by atoms with E-state index in [9.17, 15) is 18.0 Å². The van der Waals surface area contributed by atoms with Gasteiger partial charge in [-0.3, -0.25) is 4.79 Å². The molecule has 0 spiro atoms. The van der Waals surface area contributed by atoms with Crippen LogP contribution in [-0.4, -0.2) is 6.29 Å². The molecule has 18 heavy (non-hydrogen) atoms. The van der Waals surface area contributed by atoms with Crippen LogP contribution in [0.5, 0.6) is 0 Å². The van der Waals surface area contributed by atoms with Gasteiger partial charge in [0.2, 0.25) is 0 Å². The molecule has 0 atom stereocenters. The summed E-state index contributed by atoms with van der Waals surface area (Å²) < 4.78 is 40.7. The average molecular weight is 250 g/mol. The predicted octanol–water partition coefficient (Wildman–Crippen LogP) is 3.89. The maximum absolute atomic E-state index is 13.7. The summed E-state index contributed by atoms with van der Waals surface area (Å²) in [6.07, 6.45) is 0.485. The lowest BCUT2D eigenvalue weighted by Gasteiger charge is -2.07. The summed E-state index contributed by atoms with van der Waals surface area (Å²) in [4.78, 5) is 10.5. The summed E-state index contributed by atoms with van der Waals surface area (Å²) in [6.45, 7) is 1.42. The zero-order valence-electron chi connectivity index (χ0n) is 9.51. The first-order chi connectivity index (χ1) is 8.52. The Hall–Kier alpha value is -2.10. The smallest absolute Gasteiger partial charge is 0.150 e. The van der Waals surface area contributed by atoms with E-state index in [0.717, 1.165) is 18.2 Å². The third-order valence-electron chi connectivity index (χ3n) is 2.67. The molecule has 2 rings (SSSR count). The van der Waals surface area contributed by atoms with Gasteiger partial charge in [0.1, 0.15) is 23.7 Å². The van der Waals surface area contributed by atoms with Crippen LogP contribution >= 0.6 is 0 Å². The van der Waals surface area contributed by atoms with Crippen LogP contribution in [0.3, 0.4) is 0 Å². The zero-order valence-corrected chi connectivity index (χ0v) is 9.51. The van der Waals surface area contributed by atoms with E-state index in [1.165, 1.54) is 19.1 Å². The maximum Gasteiger partial charge on any atom is 0.150 e. The number of halogens is 3. The van der Waals surface area contributed by atoms with E-state index in [4.69, 9.17) is 0 Å². The van der Waals surface area contributed by atoms with E-state index < -0.39 is 17.5 Å². The van der Waals surface area contributed by atoms with Gasteiger partial charge in [0.05, 0.1) is 0 Å². The Bertz CT molecular complexity index is 621. The monoisotopic (exact) mass is 250 g/mol. The maximum atomic E-state index is 13.7. The minimum Gasteiger partial charge on any atom is -0.298 e. The number of aldehydes is 1. The Morgan fingerprint density at radius 3 is 2.17 bits per heavy atom. The van der Waals surface area contributed by atoms with Gasteiger partial charge in [-0.2, -0.15) is 0 Å². The molecule has 92 valence electrons. The minimum absolute atomic E-state index is 0.0722. The van der Waals surface area contributed by atoms with Crippen LogP contribution in [0.2, 0.25) is 0 Å². The van der Waals surface area contributed by atoms with Crippen molar-refractivity contribution < 1.29 is 18.0 Å². The van der Waals surface area contributed by atoms with Crippen molar-refractivity contribution in [3.8, 4) is 11.1 Å². The lowest BCUT2D eigenvalue weighted by atomic mass is 10.0. The van der Waals surface area contributed by atoms with E-state index in [2.05, 4.69) is 0 Å². The van der Waals surface area contributed by atoms with E-state index >= 15 is 0 Å². The van der Waals surface area contributed by atoms with E-state index in [-0.39, 0.29) is 22.3 Å². The summed E-state index contributed by atoms with van der Waals surface area (Å²) in [6, 6.07) is 5.55. The molecule has 0 aliphatic carbocycles. The number of rotatable bonds is 2. The Morgan fingerprint density at radius 2 is 1.56 bits per heavy atom. The third-order valence-corrected chi connectivity index (χ3v) is 2.67. The second-order valence-electron chi connectivity index (χ2n) is 3.94. The van der Waals surface area contributed by atoms with Gasteiger partial charge in [-0.05, 0) is 30.7 Å². The van der Waals surface area contributed by atoms with Crippen molar-refractivity contribution in [2.45, 2.75) is 6.92 Å². The molecular weight excluding hydrogens is 241 g/mol. The van der Waals surface area contributed by atoms with Gasteiger partial charge in [0, 0.05) is 16.7 Å². The van der Waals surface area contributed by atoms with Crippen molar-refractivity contribution in [2.24, 2.45) is 0 Å². The van der Waals surface area contributed by atoms with Crippen molar-refractivity contribution in [1.82, 2.24) is 0 Å². The predicted molar refractivity (Wildman–Crippen MR) is 61.9 cm³/mol. The Kier molecular flexibility index (Phi) is 3.19. The van der Waals surface area contributed by atoms with Crippen LogP contribution < -0.4 is 0 Å². The van der Waals surface area contributed by atoms with Crippen molar-refractivity contribution >= 4 is 6.29 Å². The third kappa shape index (κ3) is 2.14. The lowest BCUT2D eigenvalue weighted by Crippen LogP contribution is -1.94. The number of aryl methyl sites for hydroxylation is 1. The molecule has 0 radical (unpaired) electrons. The highest BCUT2D eigenvalue weighted by Crippen LogP contribution is 2.28. The first-order valence-corrected chi connectivity index (χ1v) is 5.23. The van der Waals surface area contributed by atoms with Gasteiger partial charge in [0.25, 0.3) is 0 Å². The molecule has 0 saturated carbocycles. The molecule has 0 aliphatic rings. The molecule has 2 aromatic rings. The summed E-state index contributed by atoms with van der Waals surface area (Å²) in [5.74, 6) is -2.07. The van der Waals surface area contributed by atoms with E-state index in [0.29, 0.717) is 6.29 Å². The standard InChI is InChI=1S/C14H9F3O/c1-8-4-13(16)11(6-12(8)15)10-3-2-9(7-18)5-14(10)17/h2-7H,1H3. The molecule has 0 bridgehead atoms. The molecule has 0 aliphatic heterocycles. The molecule has 4 heteroatoms. The van der Waals surface area contributed by atoms with Gasteiger partial charge in [-0.1, -0.05) is 12.1 Å². The highest BCUT2D eigenvalue weighted by atomic mass is 19.1. The minimum atomic E-state index is -0.762. The molecule has 0 amide bonds. The Balaban J connectivity index is 2.62. The summed E-state index contributed by atoms with van der Waals surface area (Å²) in [5.41, 5.74) is 0.0652. The quantitative estimate of drug-likeness (QED) is 0.739. The second-order valence-corrected chi connectivity index (χ2v) is 3.94. The van der Waals surface area contributed by atoms with Gasteiger partial charge < -0.3 is 0 Å². The molecule has 0 saturated heterocycles. The van der Waals surface area contributed by atoms with E-state index in [1.807, 2.05) is 0 Å². The van der Waals surface area contributed by atoms with Crippen molar-refractivity contribution in [3.05, 3.63) is 58.9 Å². The largest absolute Gasteiger partial charge is 0.298 e. The topological polar surface area (TPSA) is 17.1 Å². The number of hydrogen-bond donors (Lipinski definition) is 0. The molecule has 1 nitrogen and oxygen atoms in total. The molecule has 0 heterocycles. The molecule has 0 unspecified atom stereocenters. The summed E-state index contributed by atoms with van der Waals surface area (Å²) in [7, 11) is 0. The fourth-order valence-corrected chi connectivity index (χ4v) is 1.68. The van der Waals surface area contributed by atoms with Crippen LogP contribution in [0.1, 0.15) is 15.9 Å². The Morgan fingerprint density at radius 1 is 0.889 bits per heavy atom. The van der Waals surface area contributed by atoms with Crippen LogP contribution in [0, 0.1) is 24.4 Å². The fraction of sp³-hybridized carbons (Fsp3) is 0.0714. The van der Waals surface area contributed by atoms with Crippen LogP contribution in [-0.2, 0) is 0 Å². The van der Waals surface area contributed by atoms with Crippen LogP contribution in [0.4, 0.5) is 13.2 Å².